The monoisotopic (exact) mass is 394 g/mol. The molecule has 8 nitrogen and oxygen atoms in total. The third-order valence-electron chi connectivity index (χ3n) is 5.39. The summed E-state index contributed by atoms with van der Waals surface area (Å²) in [5.41, 5.74) is 2.53. The fourth-order valence-electron chi connectivity index (χ4n) is 3.78. The van der Waals surface area contributed by atoms with Crippen LogP contribution < -0.4 is 14.2 Å². The summed E-state index contributed by atoms with van der Waals surface area (Å²) in [4.78, 5) is 25.0. The number of aromatic nitrogens is 2. The first-order chi connectivity index (χ1) is 14.2. The smallest absolute Gasteiger partial charge is 0.254 e. The van der Waals surface area contributed by atoms with Crippen LogP contribution in [-0.4, -0.2) is 65.8 Å². The van der Waals surface area contributed by atoms with E-state index in [4.69, 9.17) is 14.2 Å². The summed E-state index contributed by atoms with van der Waals surface area (Å²) in [5, 5.41) is 0. The number of ether oxygens (including phenoxy) is 3. The van der Waals surface area contributed by atoms with Gasteiger partial charge in [0, 0.05) is 37.8 Å². The van der Waals surface area contributed by atoms with Crippen molar-refractivity contribution in [3.8, 4) is 17.2 Å². The molecular formula is C21H22N4O4. The largest absolute Gasteiger partial charge is 0.497 e. The normalized spacial score (nSPS) is 16.4. The Kier molecular flexibility index (Phi) is 4.48. The van der Waals surface area contributed by atoms with Crippen molar-refractivity contribution in [2.45, 2.75) is 6.54 Å². The summed E-state index contributed by atoms with van der Waals surface area (Å²) in [6.07, 6.45) is 0. The molecule has 1 aromatic heterocycles. The van der Waals surface area contributed by atoms with Crippen LogP contribution in [0.3, 0.4) is 0 Å². The lowest BCUT2D eigenvalue weighted by Gasteiger charge is -2.34. The Balaban J connectivity index is 1.21. The van der Waals surface area contributed by atoms with Gasteiger partial charge in [0.15, 0.2) is 11.5 Å². The second-order valence-corrected chi connectivity index (χ2v) is 7.20. The summed E-state index contributed by atoms with van der Waals surface area (Å²) in [6, 6.07) is 11.2. The zero-order valence-electron chi connectivity index (χ0n) is 16.2. The van der Waals surface area contributed by atoms with Gasteiger partial charge in [0.25, 0.3) is 5.91 Å². The van der Waals surface area contributed by atoms with E-state index in [-0.39, 0.29) is 12.7 Å². The maximum Gasteiger partial charge on any atom is 0.254 e. The van der Waals surface area contributed by atoms with Gasteiger partial charge in [-0.05, 0) is 30.3 Å². The zero-order valence-corrected chi connectivity index (χ0v) is 16.2. The van der Waals surface area contributed by atoms with Crippen molar-refractivity contribution < 1.29 is 19.0 Å². The molecule has 3 aromatic rings. The molecule has 3 heterocycles. The van der Waals surface area contributed by atoms with Crippen molar-refractivity contribution in [3.63, 3.8) is 0 Å². The Bertz CT molecular complexity index is 1060. The number of fused-ring (bicyclic) bond motifs is 2. The SMILES string of the molecule is COc1ccc2nc(CN3CCN(C(=O)c4ccc5c(c4)OCO5)CC3)[nH]c2c1. The second kappa shape index (κ2) is 7.29. The Morgan fingerprint density at radius 3 is 2.76 bits per heavy atom. The number of carbonyl (C=O) groups is 1. The molecule has 1 fully saturated rings. The van der Waals surface area contributed by atoms with Gasteiger partial charge < -0.3 is 24.1 Å². The van der Waals surface area contributed by atoms with Crippen LogP contribution in [0, 0.1) is 0 Å². The highest BCUT2D eigenvalue weighted by Gasteiger charge is 2.24. The molecule has 2 aromatic carbocycles. The second-order valence-electron chi connectivity index (χ2n) is 7.20. The van der Waals surface area contributed by atoms with Gasteiger partial charge in [-0.15, -0.1) is 0 Å². The van der Waals surface area contributed by atoms with Crippen molar-refractivity contribution in [2.24, 2.45) is 0 Å². The molecule has 150 valence electrons. The summed E-state index contributed by atoms with van der Waals surface area (Å²) in [6.45, 7) is 3.90. The van der Waals surface area contributed by atoms with E-state index in [2.05, 4.69) is 14.9 Å². The van der Waals surface area contributed by atoms with Gasteiger partial charge in [-0.25, -0.2) is 4.98 Å². The highest BCUT2D eigenvalue weighted by atomic mass is 16.7. The first-order valence-electron chi connectivity index (χ1n) is 9.63. The van der Waals surface area contributed by atoms with Crippen molar-refractivity contribution in [1.82, 2.24) is 19.8 Å². The van der Waals surface area contributed by atoms with Gasteiger partial charge in [-0.1, -0.05) is 0 Å². The lowest BCUT2D eigenvalue weighted by molar-refractivity contribution is 0.0625. The number of nitrogens with zero attached hydrogens (tertiary/aromatic N) is 3. The fourth-order valence-corrected chi connectivity index (χ4v) is 3.78. The molecule has 2 aliphatic rings. The van der Waals surface area contributed by atoms with E-state index in [0.29, 0.717) is 30.2 Å². The Morgan fingerprint density at radius 1 is 1.10 bits per heavy atom. The van der Waals surface area contributed by atoms with Crippen LogP contribution in [0.4, 0.5) is 0 Å². The molecule has 0 spiro atoms. The molecular weight excluding hydrogens is 372 g/mol. The van der Waals surface area contributed by atoms with E-state index in [9.17, 15) is 4.79 Å². The van der Waals surface area contributed by atoms with Gasteiger partial charge in [-0.2, -0.15) is 0 Å². The topological polar surface area (TPSA) is 79.9 Å². The molecule has 1 amide bonds. The van der Waals surface area contributed by atoms with Crippen LogP contribution in [0.1, 0.15) is 16.2 Å². The lowest BCUT2D eigenvalue weighted by Crippen LogP contribution is -2.48. The minimum atomic E-state index is 0.0267. The number of nitrogens with one attached hydrogen (secondary N) is 1. The molecule has 0 bridgehead atoms. The third-order valence-corrected chi connectivity index (χ3v) is 5.39. The standard InChI is InChI=1S/C21H22N4O4/c1-27-15-3-4-16-17(11-15)23-20(22-16)12-24-6-8-25(9-7-24)21(26)14-2-5-18-19(10-14)29-13-28-18/h2-5,10-11H,6-9,12-13H2,1H3,(H,22,23). The lowest BCUT2D eigenvalue weighted by atomic mass is 10.1. The van der Waals surface area contributed by atoms with E-state index >= 15 is 0 Å². The molecule has 0 radical (unpaired) electrons. The number of amides is 1. The number of benzene rings is 2. The fraction of sp³-hybridized carbons (Fsp3) is 0.333. The number of aromatic amines is 1. The minimum absolute atomic E-state index is 0.0267. The molecule has 0 saturated carbocycles. The maximum absolute atomic E-state index is 12.8. The van der Waals surface area contributed by atoms with Crippen molar-refractivity contribution in [3.05, 3.63) is 47.8 Å². The van der Waals surface area contributed by atoms with Crippen molar-refractivity contribution in [2.75, 3.05) is 40.1 Å². The van der Waals surface area contributed by atoms with Crippen LogP contribution in [0.25, 0.3) is 11.0 Å². The average molecular weight is 394 g/mol. The molecule has 2 aliphatic heterocycles. The third kappa shape index (κ3) is 3.47. The molecule has 0 aliphatic carbocycles. The summed E-state index contributed by atoms with van der Waals surface area (Å²) in [7, 11) is 1.66. The molecule has 1 saturated heterocycles. The zero-order chi connectivity index (χ0) is 19.8. The molecule has 1 N–H and O–H groups in total. The predicted molar refractivity (Wildman–Crippen MR) is 106 cm³/mol. The summed E-state index contributed by atoms with van der Waals surface area (Å²) in [5.74, 6) is 3.08. The number of hydrogen-bond donors (Lipinski definition) is 1. The first kappa shape index (κ1) is 17.8. The number of piperazine rings is 1. The van der Waals surface area contributed by atoms with Gasteiger partial charge in [0.2, 0.25) is 6.79 Å². The van der Waals surface area contributed by atoms with Crippen molar-refractivity contribution in [1.29, 1.82) is 0 Å². The van der Waals surface area contributed by atoms with Crippen LogP contribution in [0.5, 0.6) is 17.2 Å². The predicted octanol–water partition coefficient (Wildman–Crippen LogP) is 2.26. The number of H-pyrrole nitrogens is 1. The van der Waals surface area contributed by atoms with Crippen LogP contribution in [0.15, 0.2) is 36.4 Å². The Morgan fingerprint density at radius 2 is 1.93 bits per heavy atom. The van der Waals surface area contributed by atoms with Crippen molar-refractivity contribution >= 4 is 16.9 Å². The Labute approximate surface area is 168 Å². The summed E-state index contributed by atoms with van der Waals surface area (Å²) < 4.78 is 16.0. The Hall–Kier alpha value is -3.26. The van der Waals surface area contributed by atoms with Crippen LogP contribution in [-0.2, 0) is 6.54 Å². The number of carbonyl (C=O) groups excluding carboxylic acids is 1. The van der Waals surface area contributed by atoms with E-state index < -0.39 is 0 Å². The van der Waals surface area contributed by atoms with Gasteiger partial charge in [-0.3, -0.25) is 9.69 Å². The minimum Gasteiger partial charge on any atom is -0.497 e. The van der Waals surface area contributed by atoms with E-state index in [1.807, 2.05) is 23.1 Å². The van der Waals surface area contributed by atoms with Gasteiger partial charge in [0.1, 0.15) is 11.6 Å². The average Bonchev–Trinajstić information content (AvgIpc) is 3.38. The van der Waals surface area contributed by atoms with Gasteiger partial charge in [0.05, 0.1) is 24.7 Å². The highest BCUT2D eigenvalue weighted by molar-refractivity contribution is 5.95. The van der Waals surface area contributed by atoms with E-state index in [0.717, 1.165) is 42.2 Å². The van der Waals surface area contributed by atoms with Crippen LogP contribution >= 0.6 is 0 Å². The maximum atomic E-state index is 12.8. The number of methoxy groups -OCH3 is 1. The van der Waals surface area contributed by atoms with Crippen LogP contribution in [0.2, 0.25) is 0 Å². The number of imidazole rings is 1. The molecule has 0 unspecified atom stereocenters. The van der Waals surface area contributed by atoms with E-state index in [1.165, 1.54) is 0 Å². The summed E-state index contributed by atoms with van der Waals surface area (Å²) >= 11 is 0. The molecule has 8 heteroatoms. The number of rotatable bonds is 4. The highest BCUT2D eigenvalue weighted by Crippen LogP contribution is 2.33. The van der Waals surface area contributed by atoms with E-state index in [1.54, 1.807) is 25.3 Å². The molecule has 0 atom stereocenters. The molecule has 29 heavy (non-hydrogen) atoms. The molecule has 5 rings (SSSR count). The first-order valence-corrected chi connectivity index (χ1v) is 9.63. The van der Waals surface area contributed by atoms with Gasteiger partial charge >= 0.3 is 0 Å². The number of hydrogen-bond acceptors (Lipinski definition) is 6. The quantitative estimate of drug-likeness (QED) is 0.731.